The summed E-state index contributed by atoms with van der Waals surface area (Å²) in [6.45, 7) is 1.01. The maximum absolute atomic E-state index is 8.75. The number of hydrogen-bond acceptors (Lipinski definition) is 6. The predicted octanol–water partition coefficient (Wildman–Crippen LogP) is 0.0980. The van der Waals surface area contributed by atoms with Crippen molar-refractivity contribution in [2.45, 2.75) is 26.4 Å². The zero-order chi connectivity index (χ0) is 12.1. The molecule has 0 saturated carbocycles. The van der Waals surface area contributed by atoms with Gasteiger partial charge in [0.05, 0.1) is 0 Å². The van der Waals surface area contributed by atoms with E-state index >= 15 is 0 Å². The van der Waals surface area contributed by atoms with Gasteiger partial charge < -0.3 is 42.6 Å². The first-order chi connectivity index (χ1) is 7.12. The van der Waals surface area contributed by atoms with E-state index in [1.165, 1.54) is 0 Å². The summed E-state index contributed by atoms with van der Waals surface area (Å²) in [4.78, 5) is 8.00. The van der Waals surface area contributed by atoms with Gasteiger partial charge in [-0.05, 0) is 6.42 Å². The molecule has 18 heavy (non-hydrogen) atoms. The first kappa shape index (κ1) is 30.7. The van der Waals surface area contributed by atoms with Crippen LogP contribution in [-0.4, -0.2) is 47.9 Å². The van der Waals surface area contributed by atoms with Crippen molar-refractivity contribution >= 4 is 0 Å². The standard InChI is InChI=1S/C4H9N2O2.C2H6N2.CH4.HNO2.H2O.Pt/c7-3-1-2-5-4(8)6-3;3-1-2-4;;2-1-3;;/h3-4,6-8H,1-2H2;3-4H,1-2H2;1H4;(H,2,3);1H2;/q-1;-2;;;;/p-1. The molecule has 10 nitrogen and oxygen atoms in total. The first-order valence-corrected chi connectivity index (χ1v) is 4.15. The van der Waals surface area contributed by atoms with E-state index in [-0.39, 0.29) is 47.1 Å². The molecule has 0 aromatic carbocycles. The summed E-state index contributed by atoms with van der Waals surface area (Å²) < 4.78 is 0. The van der Waals surface area contributed by atoms with Crippen LogP contribution in [0.3, 0.4) is 0 Å². The fourth-order valence-corrected chi connectivity index (χ4v) is 0.627. The summed E-state index contributed by atoms with van der Waals surface area (Å²) in [5, 5.41) is 32.5. The molecule has 0 bridgehead atoms. The van der Waals surface area contributed by atoms with E-state index in [1.54, 1.807) is 0 Å². The van der Waals surface area contributed by atoms with Crippen LogP contribution in [-0.2, 0) is 21.1 Å². The maximum Gasteiger partial charge on any atom is 0.103 e. The Labute approximate surface area is 121 Å². The van der Waals surface area contributed by atoms with Crippen LogP contribution in [0.2, 0.25) is 0 Å². The fourth-order valence-electron chi connectivity index (χ4n) is 0.627. The minimum Gasteiger partial charge on any atom is -0.679 e. The molecular weight excluding hydrogens is 429 g/mol. The molecule has 1 aliphatic rings. The van der Waals surface area contributed by atoms with E-state index in [0.29, 0.717) is 13.0 Å². The number of aliphatic hydroxyl groups is 2. The molecule has 2 unspecified atom stereocenters. The number of rotatable bonds is 1. The van der Waals surface area contributed by atoms with Crippen molar-refractivity contribution in [1.82, 2.24) is 5.32 Å². The Balaban J connectivity index is -0.0000000497. The molecule has 1 aliphatic heterocycles. The second kappa shape index (κ2) is 25.6. The molecule has 1 fully saturated rings. The molecule has 0 spiro atoms. The zero-order valence-electron chi connectivity index (χ0n) is 8.90. The van der Waals surface area contributed by atoms with Crippen LogP contribution in [0.5, 0.6) is 0 Å². The van der Waals surface area contributed by atoms with Crippen molar-refractivity contribution in [1.29, 1.82) is 0 Å². The Morgan fingerprint density at radius 1 is 1.39 bits per heavy atom. The van der Waals surface area contributed by atoms with Crippen molar-refractivity contribution in [3.8, 4) is 0 Å². The largest absolute Gasteiger partial charge is 0.679 e. The molecule has 2 atom stereocenters. The molecule has 1 heterocycles. The normalized spacial score (nSPS) is 20.0. The summed E-state index contributed by atoms with van der Waals surface area (Å²) in [6, 6.07) is 0. The molecule has 1 saturated heterocycles. The van der Waals surface area contributed by atoms with E-state index in [0.717, 1.165) is 5.34 Å². The first-order valence-electron chi connectivity index (χ1n) is 4.15. The van der Waals surface area contributed by atoms with E-state index in [9.17, 15) is 0 Å². The molecular formula is C7H21N5O5Pt-4. The summed E-state index contributed by atoms with van der Waals surface area (Å²) in [5.74, 6) is 0. The van der Waals surface area contributed by atoms with Gasteiger partial charge in [-0.1, -0.05) is 7.43 Å². The Kier molecular flexibility index (Phi) is 43.6. The van der Waals surface area contributed by atoms with Crippen LogP contribution in [0, 0.1) is 10.1 Å². The van der Waals surface area contributed by atoms with Gasteiger partial charge in [0, 0.05) is 27.4 Å². The van der Waals surface area contributed by atoms with Gasteiger partial charge in [-0.25, -0.2) is 0 Å². The summed E-state index contributed by atoms with van der Waals surface area (Å²) >= 11 is 0. The fraction of sp³-hybridized carbons (Fsp3) is 1.00. The molecule has 118 valence electrons. The molecule has 0 amide bonds. The average Bonchev–Trinajstić information content (AvgIpc) is 2.19. The van der Waals surface area contributed by atoms with Gasteiger partial charge in [0.15, 0.2) is 0 Å². The minimum absolute atomic E-state index is 0. The summed E-state index contributed by atoms with van der Waals surface area (Å²) in [7, 11) is 0. The van der Waals surface area contributed by atoms with Gasteiger partial charge in [-0.3, -0.25) is 5.32 Å². The van der Waals surface area contributed by atoms with Crippen LogP contribution in [0.1, 0.15) is 13.8 Å². The third kappa shape index (κ3) is 29.7. The average molecular weight is 450 g/mol. The van der Waals surface area contributed by atoms with Crippen molar-refractivity contribution in [2.24, 2.45) is 5.34 Å². The van der Waals surface area contributed by atoms with Gasteiger partial charge in [0.1, 0.15) is 6.23 Å². The van der Waals surface area contributed by atoms with Gasteiger partial charge in [-0.2, -0.15) is 13.1 Å². The Morgan fingerprint density at radius 2 is 1.78 bits per heavy atom. The zero-order valence-corrected chi connectivity index (χ0v) is 11.2. The van der Waals surface area contributed by atoms with Gasteiger partial charge in [-0.15, -0.1) is 11.9 Å². The second-order valence-corrected chi connectivity index (χ2v) is 2.33. The van der Waals surface area contributed by atoms with Crippen molar-refractivity contribution in [3.63, 3.8) is 0 Å². The number of hydrogen-bond donors (Lipinski definition) is 3. The molecule has 11 heteroatoms. The molecule has 0 aromatic rings. The van der Waals surface area contributed by atoms with Crippen LogP contribution < -0.4 is 5.32 Å². The second-order valence-electron chi connectivity index (χ2n) is 2.33. The maximum atomic E-state index is 8.75. The van der Waals surface area contributed by atoms with Crippen molar-refractivity contribution in [2.75, 3.05) is 19.6 Å². The topological polar surface area (TPSA) is 198 Å². The molecule has 0 radical (unpaired) electrons. The Bertz CT molecular complexity index is 137. The van der Waals surface area contributed by atoms with Crippen LogP contribution in [0.4, 0.5) is 0 Å². The summed E-state index contributed by atoms with van der Waals surface area (Å²) in [6.07, 6.45) is -0.849. The van der Waals surface area contributed by atoms with Gasteiger partial charge in [0.2, 0.25) is 0 Å². The van der Waals surface area contributed by atoms with E-state index < -0.39 is 12.6 Å². The van der Waals surface area contributed by atoms with Crippen LogP contribution >= 0.6 is 0 Å². The molecule has 7 N–H and O–H groups in total. The van der Waals surface area contributed by atoms with Crippen molar-refractivity contribution in [3.05, 3.63) is 26.9 Å². The number of nitrogens with one attached hydrogen (secondary N) is 3. The Morgan fingerprint density at radius 3 is 1.94 bits per heavy atom. The third-order valence-electron chi connectivity index (χ3n) is 1.17. The third-order valence-corrected chi connectivity index (χ3v) is 1.17. The smallest absolute Gasteiger partial charge is 0.103 e. The van der Waals surface area contributed by atoms with E-state index in [2.05, 4.69) is 10.6 Å². The predicted molar refractivity (Wildman–Crippen MR) is 65.9 cm³/mol. The molecule has 0 aromatic heterocycles. The van der Waals surface area contributed by atoms with Crippen LogP contribution in [0.25, 0.3) is 16.8 Å². The molecule has 1 rings (SSSR count). The quantitative estimate of drug-likeness (QED) is 0.375. The van der Waals surface area contributed by atoms with E-state index in [4.69, 9.17) is 31.8 Å². The minimum atomic E-state index is -0.862. The van der Waals surface area contributed by atoms with Crippen LogP contribution in [0.15, 0.2) is 5.34 Å². The number of nitrogens with zero attached hydrogens (tertiary/aromatic N) is 2. The SMILES string of the molecule is C.O.O=N[O-].OC1CC[N-]C(O)N1.[NH-]CC[NH-].[Pt]. The monoisotopic (exact) mass is 450 g/mol. The Hall–Kier alpha value is -0.192. The van der Waals surface area contributed by atoms with Gasteiger partial charge in [0.25, 0.3) is 0 Å². The van der Waals surface area contributed by atoms with Gasteiger partial charge >= 0.3 is 0 Å². The van der Waals surface area contributed by atoms with E-state index in [1.807, 2.05) is 0 Å². The van der Waals surface area contributed by atoms with Crippen molar-refractivity contribution < 1.29 is 36.8 Å². The molecule has 0 aliphatic carbocycles. The number of aliphatic hydroxyl groups excluding tert-OH is 2. The summed E-state index contributed by atoms with van der Waals surface area (Å²) in [5.41, 5.74) is 12.5.